The van der Waals surface area contributed by atoms with Crippen molar-refractivity contribution in [2.45, 2.75) is 46.2 Å². The van der Waals surface area contributed by atoms with Crippen molar-refractivity contribution in [3.63, 3.8) is 0 Å². The van der Waals surface area contributed by atoms with E-state index in [4.69, 9.17) is 0 Å². The van der Waals surface area contributed by atoms with Gasteiger partial charge in [0.25, 0.3) is 5.91 Å². The third kappa shape index (κ3) is 1.79. The number of allylic oxidation sites excluding steroid dienone is 3. The molecule has 0 N–H and O–H groups in total. The highest BCUT2D eigenvalue weighted by Gasteiger charge is 2.52. The van der Waals surface area contributed by atoms with Crippen LogP contribution in [0.15, 0.2) is 23.8 Å². The lowest BCUT2D eigenvalue weighted by atomic mass is 9.85. The highest BCUT2D eigenvalue weighted by atomic mass is 16.2. The maximum Gasteiger partial charge on any atom is 0.257 e. The summed E-state index contributed by atoms with van der Waals surface area (Å²) in [6.07, 6.45) is 7.47. The Morgan fingerprint density at radius 2 is 1.75 bits per heavy atom. The summed E-state index contributed by atoms with van der Waals surface area (Å²) in [6, 6.07) is 0.234. The van der Waals surface area contributed by atoms with Gasteiger partial charge in [0.15, 0.2) is 5.78 Å². The minimum Gasteiger partial charge on any atom is -0.334 e. The molecule has 0 aromatic carbocycles. The molecule has 0 radical (unpaired) electrons. The summed E-state index contributed by atoms with van der Waals surface area (Å²) in [6.45, 7) is 8.02. The van der Waals surface area contributed by atoms with Crippen LogP contribution in [0.2, 0.25) is 0 Å². The van der Waals surface area contributed by atoms with Crippen LogP contribution in [0.25, 0.3) is 0 Å². The van der Waals surface area contributed by atoms with Gasteiger partial charge in [-0.15, -0.1) is 0 Å². The monoisotopic (exact) mass is 273 g/mol. The number of ketones is 1. The van der Waals surface area contributed by atoms with Crippen LogP contribution in [-0.4, -0.2) is 28.7 Å². The van der Waals surface area contributed by atoms with Crippen LogP contribution in [0.3, 0.4) is 0 Å². The number of amides is 1. The molecular weight excluding hydrogens is 250 g/mol. The molecule has 4 atom stereocenters. The summed E-state index contributed by atoms with van der Waals surface area (Å²) in [4.78, 5) is 27.2. The number of hydrogen-bond acceptors (Lipinski definition) is 2. The smallest absolute Gasteiger partial charge is 0.257 e. The molecule has 0 aromatic rings. The molecule has 0 unspecified atom stereocenters. The van der Waals surface area contributed by atoms with Crippen LogP contribution < -0.4 is 0 Å². The first-order valence-corrected chi connectivity index (χ1v) is 7.68. The number of hydrogen-bond donors (Lipinski definition) is 0. The Balaban J connectivity index is 1.87. The van der Waals surface area contributed by atoms with Gasteiger partial charge in [-0.05, 0) is 51.9 Å². The first-order valence-electron chi connectivity index (χ1n) is 7.68. The van der Waals surface area contributed by atoms with Crippen molar-refractivity contribution in [3.05, 3.63) is 23.8 Å². The van der Waals surface area contributed by atoms with Crippen LogP contribution in [0.4, 0.5) is 0 Å². The lowest BCUT2D eigenvalue weighted by molar-refractivity contribution is -0.133. The summed E-state index contributed by atoms with van der Waals surface area (Å²) in [7, 11) is 0. The van der Waals surface area contributed by atoms with Gasteiger partial charge in [0.1, 0.15) is 0 Å². The van der Waals surface area contributed by atoms with E-state index >= 15 is 0 Å². The third-order valence-corrected chi connectivity index (χ3v) is 5.03. The average molecular weight is 273 g/mol. The van der Waals surface area contributed by atoms with Crippen molar-refractivity contribution in [1.82, 2.24) is 4.90 Å². The second kappa shape index (κ2) is 4.57. The van der Waals surface area contributed by atoms with E-state index in [-0.39, 0.29) is 35.6 Å². The van der Waals surface area contributed by atoms with E-state index in [1.807, 2.05) is 38.7 Å². The van der Waals surface area contributed by atoms with Crippen LogP contribution in [0, 0.1) is 23.7 Å². The van der Waals surface area contributed by atoms with E-state index in [1.165, 1.54) is 0 Å². The lowest BCUT2D eigenvalue weighted by Crippen LogP contribution is -2.44. The summed E-state index contributed by atoms with van der Waals surface area (Å²) < 4.78 is 0. The van der Waals surface area contributed by atoms with Crippen LogP contribution in [0.1, 0.15) is 34.1 Å². The molecule has 0 spiro atoms. The van der Waals surface area contributed by atoms with Crippen molar-refractivity contribution in [2.24, 2.45) is 23.7 Å². The van der Waals surface area contributed by atoms with Gasteiger partial charge in [0.05, 0.1) is 5.57 Å². The van der Waals surface area contributed by atoms with E-state index in [1.54, 1.807) is 0 Å². The number of Topliss-reactive ketones (excluding diaryl/α,β-unsaturated/α-hetero) is 1. The average Bonchev–Trinajstić information content (AvgIpc) is 3.00. The van der Waals surface area contributed by atoms with Crippen LogP contribution in [0.5, 0.6) is 0 Å². The molecule has 2 bridgehead atoms. The quantitative estimate of drug-likeness (QED) is 0.585. The van der Waals surface area contributed by atoms with E-state index in [9.17, 15) is 9.59 Å². The largest absolute Gasteiger partial charge is 0.334 e. The van der Waals surface area contributed by atoms with Crippen molar-refractivity contribution < 1.29 is 9.59 Å². The zero-order valence-electron chi connectivity index (χ0n) is 12.7. The third-order valence-electron chi connectivity index (χ3n) is 5.03. The molecule has 3 heteroatoms. The maximum atomic E-state index is 12.7. The van der Waals surface area contributed by atoms with Crippen LogP contribution in [-0.2, 0) is 9.59 Å². The number of rotatable bonds is 3. The molecule has 3 rings (SSSR count). The van der Waals surface area contributed by atoms with E-state index in [0.29, 0.717) is 17.4 Å². The molecule has 0 aliphatic heterocycles. The Morgan fingerprint density at radius 1 is 1.15 bits per heavy atom. The molecule has 3 nitrogen and oxygen atoms in total. The predicted octanol–water partition coefficient (Wildman–Crippen LogP) is 2.58. The highest BCUT2D eigenvalue weighted by Crippen LogP contribution is 2.53. The topological polar surface area (TPSA) is 37.4 Å². The second-order valence-corrected chi connectivity index (χ2v) is 6.90. The minimum absolute atomic E-state index is 0.0464. The van der Waals surface area contributed by atoms with Gasteiger partial charge in [0.2, 0.25) is 0 Å². The van der Waals surface area contributed by atoms with Crippen molar-refractivity contribution >= 4 is 11.7 Å². The van der Waals surface area contributed by atoms with Gasteiger partial charge >= 0.3 is 0 Å². The normalized spacial score (nSPS) is 34.1. The molecule has 1 amide bonds. The first-order chi connectivity index (χ1) is 9.41. The van der Waals surface area contributed by atoms with Gasteiger partial charge in [0, 0.05) is 18.0 Å². The molecule has 0 aromatic heterocycles. The molecule has 108 valence electrons. The van der Waals surface area contributed by atoms with Crippen LogP contribution >= 0.6 is 0 Å². The van der Waals surface area contributed by atoms with Crippen molar-refractivity contribution in [3.8, 4) is 0 Å². The summed E-state index contributed by atoms with van der Waals surface area (Å²) in [5.74, 6) is 1.18. The van der Waals surface area contributed by atoms with E-state index < -0.39 is 0 Å². The fraction of sp³-hybridized carbons (Fsp3) is 0.647. The van der Waals surface area contributed by atoms with Gasteiger partial charge < -0.3 is 4.90 Å². The fourth-order valence-corrected chi connectivity index (χ4v) is 4.29. The van der Waals surface area contributed by atoms with Crippen molar-refractivity contribution in [1.29, 1.82) is 0 Å². The van der Waals surface area contributed by atoms with Gasteiger partial charge in [-0.25, -0.2) is 0 Å². The van der Waals surface area contributed by atoms with Gasteiger partial charge in [-0.1, -0.05) is 18.2 Å². The van der Waals surface area contributed by atoms with E-state index in [2.05, 4.69) is 12.2 Å². The number of carbonyl (C=O) groups excluding carboxylic acids is 2. The molecule has 3 aliphatic rings. The molecule has 1 saturated carbocycles. The Bertz CT molecular complexity index is 507. The fourth-order valence-electron chi connectivity index (χ4n) is 4.29. The Hall–Kier alpha value is -1.38. The zero-order chi connectivity index (χ0) is 14.6. The highest BCUT2D eigenvalue weighted by molar-refractivity contribution is 6.22. The summed E-state index contributed by atoms with van der Waals surface area (Å²) in [5, 5.41) is 0. The summed E-state index contributed by atoms with van der Waals surface area (Å²) >= 11 is 0. The van der Waals surface area contributed by atoms with Crippen molar-refractivity contribution in [2.75, 3.05) is 0 Å². The molecular formula is C17H23NO2. The SMILES string of the molecule is CC(C)N(C(=O)C1=C[C@H]2[C@@H](C1=O)[C@@H]1C=C[C@H]2C1)C(C)C. The molecule has 0 heterocycles. The first kappa shape index (κ1) is 13.6. The maximum absolute atomic E-state index is 12.7. The van der Waals surface area contributed by atoms with Gasteiger partial charge in [-0.3, -0.25) is 9.59 Å². The number of nitrogens with zero attached hydrogens (tertiary/aromatic N) is 1. The molecule has 1 fully saturated rings. The predicted molar refractivity (Wildman–Crippen MR) is 77.9 cm³/mol. The number of carbonyl (C=O) groups is 2. The Labute approximate surface area is 120 Å². The standard InChI is InChI=1S/C17H23NO2/c1-9(2)18(10(3)4)17(20)14-8-13-11-5-6-12(7-11)15(13)16(14)19/h5-6,8-13,15H,7H2,1-4H3/t11-,12+,13+,15-/m0/s1. The Kier molecular flexibility index (Phi) is 3.11. The molecule has 0 saturated heterocycles. The van der Waals surface area contributed by atoms with E-state index in [0.717, 1.165) is 6.42 Å². The number of fused-ring (bicyclic) bond motifs is 5. The molecule has 3 aliphatic carbocycles. The zero-order valence-corrected chi connectivity index (χ0v) is 12.7. The summed E-state index contributed by atoms with van der Waals surface area (Å²) in [5.41, 5.74) is 0.445. The second-order valence-electron chi connectivity index (χ2n) is 6.90. The lowest BCUT2D eigenvalue weighted by Gasteiger charge is -2.31. The molecule has 20 heavy (non-hydrogen) atoms. The van der Waals surface area contributed by atoms with Gasteiger partial charge in [-0.2, -0.15) is 0 Å². The Morgan fingerprint density at radius 3 is 2.30 bits per heavy atom. The minimum atomic E-state index is -0.0752.